The van der Waals surface area contributed by atoms with Gasteiger partial charge in [0.25, 0.3) is 5.89 Å². The van der Waals surface area contributed by atoms with E-state index in [-0.39, 0.29) is 23.9 Å². The maximum absolute atomic E-state index is 12.6. The number of fused-ring (bicyclic) bond motifs is 1. The summed E-state index contributed by atoms with van der Waals surface area (Å²) in [5, 5.41) is 11.4. The van der Waals surface area contributed by atoms with Crippen molar-refractivity contribution in [3.05, 3.63) is 58.4 Å². The summed E-state index contributed by atoms with van der Waals surface area (Å²) >= 11 is 1.18. The highest BCUT2D eigenvalue weighted by Crippen LogP contribution is 2.32. The molecule has 0 aliphatic carbocycles. The average molecular weight is 395 g/mol. The summed E-state index contributed by atoms with van der Waals surface area (Å²) in [5.41, 5.74) is 2.09. The number of carboxylic acids is 1. The molecule has 0 atom stereocenters. The Morgan fingerprint density at radius 1 is 1.21 bits per heavy atom. The fraction of sp³-hybridized carbons (Fsp3) is 0.105. The van der Waals surface area contributed by atoms with Crippen LogP contribution in [0, 0.1) is 0 Å². The van der Waals surface area contributed by atoms with Gasteiger partial charge >= 0.3 is 12.0 Å². The Morgan fingerprint density at radius 2 is 1.96 bits per heavy atom. The van der Waals surface area contributed by atoms with Gasteiger partial charge in [-0.05, 0) is 17.5 Å². The topological polar surface area (TPSA) is 115 Å². The number of nitrogens with zero attached hydrogens (tertiary/aromatic N) is 3. The zero-order valence-electron chi connectivity index (χ0n) is 14.6. The average Bonchev–Trinajstić information content (AvgIpc) is 3.32. The molecule has 8 nitrogen and oxygen atoms in total. The van der Waals surface area contributed by atoms with Gasteiger partial charge in [-0.15, -0.1) is 11.3 Å². The number of ketones is 1. The lowest BCUT2D eigenvalue weighted by Gasteiger charge is -2.03. The normalized spacial score (nSPS) is 10.9. The molecule has 0 radical (unpaired) electrons. The molecule has 3 aromatic heterocycles. The quantitative estimate of drug-likeness (QED) is 0.493. The molecule has 0 aliphatic rings. The van der Waals surface area contributed by atoms with Crippen LogP contribution >= 0.6 is 11.3 Å². The fourth-order valence-corrected chi connectivity index (χ4v) is 3.79. The smallest absolute Gasteiger partial charge is 0.337 e. The standard InChI is InChI=1S/C19H13N3O5S/c1-26-19-20-7-10(8-21-19)11-9-28-15(16(11)18(24)25)6-13(23)17-22-12-4-2-3-5-14(12)27-17/h2-5,7-9H,6H2,1H3,(H,24,25). The number of thiophene rings is 1. The molecule has 0 saturated heterocycles. The van der Waals surface area contributed by atoms with Crippen LogP contribution in [0.25, 0.3) is 22.2 Å². The highest BCUT2D eigenvalue weighted by atomic mass is 32.1. The molecule has 0 amide bonds. The van der Waals surface area contributed by atoms with Crippen molar-refractivity contribution in [3.8, 4) is 17.1 Å². The molecule has 1 aromatic carbocycles. The largest absolute Gasteiger partial charge is 0.478 e. The summed E-state index contributed by atoms with van der Waals surface area (Å²) in [7, 11) is 1.44. The second-order valence-corrected chi connectivity index (χ2v) is 6.76. The molecule has 0 saturated carbocycles. The van der Waals surface area contributed by atoms with E-state index in [4.69, 9.17) is 9.15 Å². The molecular formula is C19H13N3O5S. The van der Waals surface area contributed by atoms with E-state index in [0.717, 1.165) is 0 Å². The third-order valence-electron chi connectivity index (χ3n) is 4.06. The van der Waals surface area contributed by atoms with Crippen molar-refractivity contribution in [3.63, 3.8) is 0 Å². The number of carbonyl (C=O) groups is 2. The molecule has 4 aromatic rings. The van der Waals surface area contributed by atoms with Crippen molar-refractivity contribution in [2.24, 2.45) is 0 Å². The third kappa shape index (κ3) is 3.23. The molecule has 9 heteroatoms. The van der Waals surface area contributed by atoms with E-state index in [2.05, 4.69) is 15.0 Å². The first-order valence-corrected chi connectivity index (χ1v) is 9.03. The predicted octanol–water partition coefficient (Wildman–Crippen LogP) is 3.48. The van der Waals surface area contributed by atoms with Crippen molar-refractivity contribution >= 4 is 34.2 Å². The first-order chi connectivity index (χ1) is 13.6. The number of oxazole rings is 1. The Balaban J connectivity index is 1.66. The Morgan fingerprint density at radius 3 is 2.64 bits per heavy atom. The Kier molecular flexibility index (Phi) is 4.58. The van der Waals surface area contributed by atoms with Crippen LogP contribution in [0.2, 0.25) is 0 Å². The zero-order chi connectivity index (χ0) is 19.7. The lowest BCUT2D eigenvalue weighted by molar-refractivity contribution is 0.0697. The van der Waals surface area contributed by atoms with Crippen molar-refractivity contribution in [1.82, 2.24) is 15.0 Å². The van der Waals surface area contributed by atoms with Crippen LogP contribution in [0.3, 0.4) is 0 Å². The van der Waals surface area contributed by atoms with Crippen LogP contribution < -0.4 is 4.74 Å². The van der Waals surface area contributed by atoms with Crippen molar-refractivity contribution < 1.29 is 23.8 Å². The van der Waals surface area contributed by atoms with Gasteiger partial charge in [0, 0.05) is 28.4 Å². The molecule has 28 heavy (non-hydrogen) atoms. The lowest BCUT2D eigenvalue weighted by atomic mass is 10.0. The number of aromatic carboxylic acids is 1. The van der Waals surface area contributed by atoms with E-state index in [1.165, 1.54) is 30.8 Å². The van der Waals surface area contributed by atoms with Gasteiger partial charge in [-0.2, -0.15) is 0 Å². The van der Waals surface area contributed by atoms with Crippen LogP contribution in [-0.4, -0.2) is 38.9 Å². The first kappa shape index (κ1) is 17.8. The Bertz CT molecular complexity index is 1150. The van der Waals surface area contributed by atoms with Crippen LogP contribution in [-0.2, 0) is 6.42 Å². The number of carboxylic acid groups (broad SMARTS) is 1. The van der Waals surface area contributed by atoms with E-state index in [1.807, 2.05) is 0 Å². The minimum Gasteiger partial charge on any atom is -0.478 e. The van der Waals surface area contributed by atoms with Crippen LogP contribution in [0.15, 0.2) is 46.5 Å². The maximum Gasteiger partial charge on any atom is 0.337 e. The Labute approximate surface area is 162 Å². The highest BCUT2D eigenvalue weighted by Gasteiger charge is 2.24. The molecule has 1 N–H and O–H groups in total. The number of carbonyl (C=O) groups excluding carboxylic acids is 1. The number of hydrogen-bond acceptors (Lipinski definition) is 8. The number of methoxy groups -OCH3 is 1. The predicted molar refractivity (Wildman–Crippen MR) is 101 cm³/mol. The molecule has 140 valence electrons. The lowest BCUT2D eigenvalue weighted by Crippen LogP contribution is -2.07. The number of para-hydroxylation sites is 2. The monoisotopic (exact) mass is 395 g/mol. The Hall–Kier alpha value is -3.59. The third-order valence-corrected chi connectivity index (χ3v) is 5.04. The van der Waals surface area contributed by atoms with Gasteiger partial charge in [0.15, 0.2) is 5.58 Å². The highest BCUT2D eigenvalue weighted by molar-refractivity contribution is 7.11. The number of Topliss-reactive ketones (excluding diaryl/α,β-unsaturated/α-hetero) is 1. The summed E-state index contributed by atoms with van der Waals surface area (Å²) in [5.74, 6) is -1.56. The molecular weight excluding hydrogens is 382 g/mol. The first-order valence-electron chi connectivity index (χ1n) is 8.15. The molecule has 0 bridgehead atoms. The fourth-order valence-electron chi connectivity index (χ4n) is 2.75. The van der Waals surface area contributed by atoms with E-state index < -0.39 is 11.8 Å². The van der Waals surface area contributed by atoms with Gasteiger partial charge in [0.1, 0.15) is 5.52 Å². The number of hydrogen-bond donors (Lipinski definition) is 1. The summed E-state index contributed by atoms with van der Waals surface area (Å²) in [6.07, 6.45) is 2.83. The second-order valence-electron chi connectivity index (χ2n) is 5.80. The van der Waals surface area contributed by atoms with Crippen molar-refractivity contribution in [1.29, 1.82) is 0 Å². The van der Waals surface area contributed by atoms with Crippen LogP contribution in [0.1, 0.15) is 25.9 Å². The number of aromatic nitrogens is 3. The van der Waals surface area contributed by atoms with E-state index in [0.29, 0.717) is 27.1 Å². The van der Waals surface area contributed by atoms with Crippen molar-refractivity contribution in [2.45, 2.75) is 6.42 Å². The zero-order valence-corrected chi connectivity index (χ0v) is 15.4. The molecule has 0 unspecified atom stereocenters. The molecule has 4 rings (SSSR count). The minimum atomic E-state index is -1.13. The molecule has 0 spiro atoms. The summed E-state index contributed by atoms with van der Waals surface area (Å²) in [4.78, 5) is 37.0. The van der Waals surface area contributed by atoms with Crippen molar-refractivity contribution in [2.75, 3.05) is 7.11 Å². The van der Waals surface area contributed by atoms with Gasteiger partial charge < -0.3 is 14.3 Å². The van der Waals surface area contributed by atoms with Gasteiger partial charge in [-0.25, -0.2) is 19.7 Å². The second kappa shape index (κ2) is 7.20. The number of benzene rings is 1. The molecule has 3 heterocycles. The molecule has 0 fully saturated rings. The van der Waals surface area contributed by atoms with Crippen LogP contribution in [0.5, 0.6) is 6.01 Å². The van der Waals surface area contributed by atoms with E-state index in [9.17, 15) is 14.7 Å². The van der Waals surface area contributed by atoms with Crippen LogP contribution in [0.4, 0.5) is 0 Å². The van der Waals surface area contributed by atoms with Gasteiger partial charge in [0.05, 0.1) is 19.1 Å². The van der Waals surface area contributed by atoms with Gasteiger partial charge in [-0.1, -0.05) is 12.1 Å². The SMILES string of the molecule is COc1ncc(-c2csc(CC(=O)c3nc4ccccc4o3)c2C(=O)O)cn1. The maximum atomic E-state index is 12.6. The number of ether oxygens (including phenoxy) is 1. The minimum absolute atomic E-state index is 0.0414. The number of rotatable bonds is 6. The summed E-state index contributed by atoms with van der Waals surface area (Å²) in [6, 6.07) is 7.22. The summed E-state index contributed by atoms with van der Waals surface area (Å²) < 4.78 is 10.4. The van der Waals surface area contributed by atoms with E-state index in [1.54, 1.807) is 29.6 Å². The van der Waals surface area contributed by atoms with E-state index >= 15 is 0 Å². The van der Waals surface area contributed by atoms with Gasteiger partial charge in [0.2, 0.25) is 5.78 Å². The van der Waals surface area contributed by atoms with Gasteiger partial charge in [-0.3, -0.25) is 4.79 Å². The molecule has 0 aliphatic heterocycles. The summed E-state index contributed by atoms with van der Waals surface area (Å²) in [6.45, 7) is 0.